The van der Waals surface area contributed by atoms with E-state index in [-0.39, 0.29) is 5.78 Å². The van der Waals surface area contributed by atoms with Gasteiger partial charge in [0.1, 0.15) is 5.75 Å². The molecule has 0 aliphatic rings. The van der Waals surface area contributed by atoms with Crippen LogP contribution in [-0.4, -0.2) is 20.0 Å². The topological polar surface area (TPSA) is 48.7 Å². The number of methoxy groups -OCH3 is 2. The Morgan fingerprint density at radius 2 is 1.73 bits per heavy atom. The van der Waals surface area contributed by atoms with Crippen molar-refractivity contribution in [3.05, 3.63) is 48.2 Å². The summed E-state index contributed by atoms with van der Waals surface area (Å²) in [6.07, 6.45) is 0. The highest BCUT2D eigenvalue weighted by molar-refractivity contribution is 6.03. The van der Waals surface area contributed by atoms with E-state index in [1.165, 1.54) is 6.92 Å². The average Bonchev–Trinajstić information content (AvgIpc) is 2.99. The normalized spacial score (nSPS) is 10.7. The summed E-state index contributed by atoms with van der Waals surface area (Å²) in [4.78, 5) is 11.6. The van der Waals surface area contributed by atoms with Gasteiger partial charge in [-0.15, -0.1) is 0 Å². The lowest BCUT2D eigenvalue weighted by Gasteiger charge is -2.07. The van der Waals surface area contributed by atoms with E-state index >= 15 is 0 Å². The number of carbonyl (C=O) groups excluding carboxylic acids is 1. The summed E-state index contributed by atoms with van der Waals surface area (Å²) in [5, 5.41) is 0.856. The monoisotopic (exact) mass is 296 g/mol. The second-order valence-corrected chi connectivity index (χ2v) is 4.95. The summed E-state index contributed by atoms with van der Waals surface area (Å²) in [6.45, 7) is 1.48. The Bertz CT molecular complexity index is 828. The Labute approximate surface area is 128 Å². The molecule has 0 atom stereocenters. The van der Waals surface area contributed by atoms with E-state index < -0.39 is 0 Å². The smallest absolute Gasteiger partial charge is 0.194 e. The summed E-state index contributed by atoms with van der Waals surface area (Å²) in [6, 6.07) is 13.3. The predicted molar refractivity (Wildman–Crippen MR) is 84.8 cm³/mol. The summed E-state index contributed by atoms with van der Waals surface area (Å²) in [7, 11) is 3.22. The van der Waals surface area contributed by atoms with Gasteiger partial charge in [-0.3, -0.25) is 4.79 Å². The highest BCUT2D eigenvalue weighted by Crippen LogP contribution is 2.37. The molecule has 0 unspecified atom stereocenters. The number of benzene rings is 2. The van der Waals surface area contributed by atoms with Crippen molar-refractivity contribution in [2.24, 2.45) is 0 Å². The molecule has 0 N–H and O–H groups in total. The Morgan fingerprint density at radius 3 is 2.32 bits per heavy atom. The van der Waals surface area contributed by atoms with Gasteiger partial charge in [-0.1, -0.05) is 12.1 Å². The molecule has 0 saturated heterocycles. The summed E-state index contributed by atoms with van der Waals surface area (Å²) in [5.74, 6) is 1.62. The second-order valence-electron chi connectivity index (χ2n) is 4.95. The Hall–Kier alpha value is -2.75. The molecule has 4 heteroatoms. The maximum Gasteiger partial charge on any atom is 0.194 e. The van der Waals surface area contributed by atoms with Crippen LogP contribution in [0.2, 0.25) is 0 Å². The molecule has 22 heavy (non-hydrogen) atoms. The number of hydrogen-bond donors (Lipinski definition) is 0. The molecule has 1 heterocycles. The number of carbonyl (C=O) groups is 1. The van der Waals surface area contributed by atoms with Crippen molar-refractivity contribution >= 4 is 16.8 Å². The molecule has 112 valence electrons. The highest BCUT2D eigenvalue weighted by Gasteiger charge is 2.16. The van der Waals surface area contributed by atoms with Crippen LogP contribution in [-0.2, 0) is 0 Å². The molecule has 1 aromatic heterocycles. The van der Waals surface area contributed by atoms with Gasteiger partial charge in [0, 0.05) is 12.3 Å². The first-order valence-corrected chi connectivity index (χ1v) is 6.90. The van der Waals surface area contributed by atoms with Gasteiger partial charge in [-0.05, 0) is 41.5 Å². The number of furan rings is 1. The fourth-order valence-electron chi connectivity index (χ4n) is 2.46. The van der Waals surface area contributed by atoms with Crippen LogP contribution in [0.15, 0.2) is 46.9 Å². The van der Waals surface area contributed by atoms with Gasteiger partial charge in [0.15, 0.2) is 22.9 Å². The van der Waals surface area contributed by atoms with Crippen LogP contribution in [0.4, 0.5) is 0 Å². The Kier molecular flexibility index (Phi) is 3.59. The van der Waals surface area contributed by atoms with E-state index in [9.17, 15) is 4.79 Å². The largest absolute Gasteiger partial charge is 0.497 e. The average molecular weight is 296 g/mol. The van der Waals surface area contributed by atoms with Crippen LogP contribution < -0.4 is 9.47 Å². The summed E-state index contributed by atoms with van der Waals surface area (Å²) < 4.78 is 16.2. The zero-order valence-electron chi connectivity index (χ0n) is 12.7. The fourth-order valence-corrected chi connectivity index (χ4v) is 2.46. The molecule has 0 bridgehead atoms. The number of ether oxygens (including phenoxy) is 2. The van der Waals surface area contributed by atoms with E-state index in [1.807, 2.05) is 36.4 Å². The van der Waals surface area contributed by atoms with Gasteiger partial charge in [0.2, 0.25) is 0 Å². The third-order valence-corrected chi connectivity index (χ3v) is 3.62. The van der Waals surface area contributed by atoms with Gasteiger partial charge < -0.3 is 13.9 Å². The molecule has 0 saturated carbocycles. The molecular formula is C18H16O4. The molecule has 0 fully saturated rings. The van der Waals surface area contributed by atoms with Crippen molar-refractivity contribution in [2.75, 3.05) is 14.2 Å². The predicted octanol–water partition coefficient (Wildman–Crippen LogP) is 4.32. The third kappa shape index (κ3) is 2.33. The number of hydrogen-bond acceptors (Lipinski definition) is 4. The minimum absolute atomic E-state index is 0.112. The minimum Gasteiger partial charge on any atom is -0.497 e. The molecule has 0 radical (unpaired) electrons. The van der Waals surface area contributed by atoms with Crippen molar-refractivity contribution in [1.29, 1.82) is 0 Å². The molecule has 4 nitrogen and oxygen atoms in total. The van der Waals surface area contributed by atoms with Crippen LogP contribution in [0.25, 0.3) is 22.1 Å². The molecule has 0 spiro atoms. The first-order valence-electron chi connectivity index (χ1n) is 6.90. The molecule has 3 aromatic rings. The number of ketones is 1. The van der Waals surface area contributed by atoms with Crippen molar-refractivity contribution in [3.8, 4) is 22.6 Å². The lowest BCUT2D eigenvalue weighted by atomic mass is 10.0. The van der Waals surface area contributed by atoms with Gasteiger partial charge in [0.05, 0.1) is 14.2 Å². The number of rotatable bonds is 4. The number of fused-ring (bicyclic) bond motifs is 1. The Morgan fingerprint density at radius 1 is 1.00 bits per heavy atom. The van der Waals surface area contributed by atoms with Crippen LogP contribution in [0.3, 0.4) is 0 Å². The van der Waals surface area contributed by atoms with Crippen LogP contribution in [0.1, 0.15) is 17.5 Å². The van der Waals surface area contributed by atoms with E-state index in [4.69, 9.17) is 13.9 Å². The number of Topliss-reactive ketones (excluding diaryl/α,β-unsaturated/α-hetero) is 1. The fraction of sp³-hybridized carbons (Fsp3) is 0.167. The van der Waals surface area contributed by atoms with E-state index in [0.29, 0.717) is 17.1 Å². The molecule has 0 aliphatic heterocycles. The van der Waals surface area contributed by atoms with Crippen LogP contribution in [0.5, 0.6) is 11.5 Å². The molecule has 2 aromatic carbocycles. The van der Waals surface area contributed by atoms with Gasteiger partial charge in [-0.25, -0.2) is 0 Å². The zero-order chi connectivity index (χ0) is 15.7. The molecular weight excluding hydrogens is 280 g/mol. The maximum atomic E-state index is 11.6. The quantitative estimate of drug-likeness (QED) is 0.673. The van der Waals surface area contributed by atoms with Gasteiger partial charge in [0.25, 0.3) is 0 Å². The Balaban J connectivity index is 2.22. The lowest BCUT2D eigenvalue weighted by molar-refractivity contribution is 0.0989. The van der Waals surface area contributed by atoms with E-state index in [1.54, 1.807) is 20.3 Å². The summed E-state index contributed by atoms with van der Waals surface area (Å²) in [5.41, 5.74) is 2.58. The maximum absolute atomic E-state index is 11.6. The summed E-state index contributed by atoms with van der Waals surface area (Å²) >= 11 is 0. The standard InChI is InChI=1S/C18H16O4/c1-11(19)17-10-15-14(8-9-16(21-3)18(15)22-17)12-4-6-13(20-2)7-5-12/h4-10H,1-3H3. The van der Waals surface area contributed by atoms with Crippen molar-refractivity contribution in [1.82, 2.24) is 0 Å². The second kappa shape index (κ2) is 5.56. The van der Waals surface area contributed by atoms with Crippen molar-refractivity contribution < 1.29 is 18.7 Å². The highest BCUT2D eigenvalue weighted by atomic mass is 16.5. The van der Waals surface area contributed by atoms with Crippen LogP contribution in [0, 0.1) is 0 Å². The van der Waals surface area contributed by atoms with Gasteiger partial charge >= 0.3 is 0 Å². The molecule has 0 aliphatic carbocycles. The van der Waals surface area contributed by atoms with E-state index in [2.05, 4.69) is 0 Å². The molecule has 0 amide bonds. The zero-order valence-corrected chi connectivity index (χ0v) is 12.7. The third-order valence-electron chi connectivity index (χ3n) is 3.62. The first-order chi connectivity index (χ1) is 10.6. The molecule has 3 rings (SSSR count). The minimum atomic E-state index is -0.112. The van der Waals surface area contributed by atoms with Crippen molar-refractivity contribution in [3.63, 3.8) is 0 Å². The lowest BCUT2D eigenvalue weighted by Crippen LogP contribution is -1.86. The first kappa shape index (κ1) is 14.2. The SMILES string of the molecule is COc1ccc(-c2ccc(OC)c3oc(C(C)=O)cc23)cc1. The van der Waals surface area contributed by atoms with Crippen molar-refractivity contribution in [2.45, 2.75) is 6.92 Å². The van der Waals surface area contributed by atoms with Gasteiger partial charge in [-0.2, -0.15) is 0 Å². The van der Waals surface area contributed by atoms with E-state index in [0.717, 1.165) is 22.3 Å². The van der Waals surface area contributed by atoms with Crippen LogP contribution >= 0.6 is 0 Å².